The molecule has 4 heteroatoms. The predicted octanol–water partition coefficient (Wildman–Crippen LogP) is 0.779. The summed E-state index contributed by atoms with van der Waals surface area (Å²) >= 11 is 0. The molecule has 2 N–H and O–H groups in total. The molecule has 0 aromatic carbocycles. The molecular weight excluding hydrogens is 166 g/mol. The SMILES string of the molecule is CC(C)(C)ON=C1CCN(CN)C1. The first-order valence-corrected chi connectivity index (χ1v) is 4.67. The van der Waals surface area contributed by atoms with Crippen molar-refractivity contribution in [2.75, 3.05) is 19.8 Å². The lowest BCUT2D eigenvalue weighted by Gasteiger charge is -2.16. The molecule has 1 rings (SSSR count). The molecule has 0 aromatic heterocycles. The third-order valence-corrected chi connectivity index (χ3v) is 1.83. The summed E-state index contributed by atoms with van der Waals surface area (Å²) in [6.07, 6.45) is 0.979. The summed E-state index contributed by atoms with van der Waals surface area (Å²) in [4.78, 5) is 7.47. The van der Waals surface area contributed by atoms with Crippen molar-refractivity contribution in [3.63, 3.8) is 0 Å². The summed E-state index contributed by atoms with van der Waals surface area (Å²) in [7, 11) is 0. The Hall–Kier alpha value is -0.610. The quantitative estimate of drug-likeness (QED) is 0.647. The Morgan fingerprint density at radius 3 is 2.69 bits per heavy atom. The van der Waals surface area contributed by atoms with Gasteiger partial charge < -0.3 is 10.6 Å². The fourth-order valence-electron chi connectivity index (χ4n) is 1.14. The first kappa shape index (κ1) is 10.5. The van der Waals surface area contributed by atoms with Crippen molar-refractivity contribution >= 4 is 5.71 Å². The average molecular weight is 185 g/mol. The van der Waals surface area contributed by atoms with E-state index >= 15 is 0 Å². The van der Waals surface area contributed by atoms with Gasteiger partial charge in [-0.1, -0.05) is 5.16 Å². The normalized spacial score (nSPS) is 22.6. The van der Waals surface area contributed by atoms with Crippen LogP contribution in [0.25, 0.3) is 0 Å². The lowest BCUT2D eigenvalue weighted by atomic mass is 10.2. The number of nitrogens with two attached hydrogens (primary N) is 1. The van der Waals surface area contributed by atoms with Crippen LogP contribution in [0.2, 0.25) is 0 Å². The lowest BCUT2D eigenvalue weighted by molar-refractivity contribution is 0.000469. The zero-order chi connectivity index (χ0) is 9.90. The maximum Gasteiger partial charge on any atom is 0.129 e. The van der Waals surface area contributed by atoms with Crippen molar-refractivity contribution in [2.24, 2.45) is 10.9 Å². The Kier molecular flexibility index (Phi) is 3.27. The maximum atomic E-state index is 5.51. The Morgan fingerprint density at radius 2 is 2.23 bits per heavy atom. The monoisotopic (exact) mass is 185 g/mol. The number of hydrogen-bond acceptors (Lipinski definition) is 4. The summed E-state index contributed by atoms with van der Waals surface area (Å²) < 4.78 is 0. The highest BCUT2D eigenvalue weighted by Gasteiger charge is 2.18. The van der Waals surface area contributed by atoms with Crippen LogP contribution in [0.1, 0.15) is 27.2 Å². The second-order valence-electron chi connectivity index (χ2n) is 4.35. The van der Waals surface area contributed by atoms with Crippen LogP contribution < -0.4 is 5.73 Å². The highest BCUT2D eigenvalue weighted by molar-refractivity contribution is 5.87. The van der Waals surface area contributed by atoms with Gasteiger partial charge >= 0.3 is 0 Å². The molecule has 0 atom stereocenters. The van der Waals surface area contributed by atoms with Crippen LogP contribution in [0.15, 0.2) is 5.16 Å². The van der Waals surface area contributed by atoms with Crippen LogP contribution in [-0.2, 0) is 4.84 Å². The van der Waals surface area contributed by atoms with Crippen LogP contribution in [0.5, 0.6) is 0 Å². The Labute approximate surface area is 79.7 Å². The molecule has 4 nitrogen and oxygen atoms in total. The largest absolute Gasteiger partial charge is 0.390 e. The molecule has 1 saturated heterocycles. The zero-order valence-corrected chi connectivity index (χ0v) is 8.71. The van der Waals surface area contributed by atoms with Crippen molar-refractivity contribution in [3.8, 4) is 0 Å². The van der Waals surface area contributed by atoms with Gasteiger partial charge in [0.25, 0.3) is 0 Å². The van der Waals surface area contributed by atoms with Gasteiger partial charge in [0.15, 0.2) is 0 Å². The third-order valence-electron chi connectivity index (χ3n) is 1.83. The molecule has 0 unspecified atom stereocenters. The first-order chi connectivity index (χ1) is 6.01. The fraction of sp³-hybridized carbons (Fsp3) is 0.889. The molecule has 0 bridgehead atoms. The number of nitrogens with zero attached hydrogens (tertiary/aromatic N) is 2. The van der Waals surface area contributed by atoms with Crippen molar-refractivity contribution in [2.45, 2.75) is 32.8 Å². The lowest BCUT2D eigenvalue weighted by Crippen LogP contribution is -2.27. The maximum absolute atomic E-state index is 5.51. The molecule has 13 heavy (non-hydrogen) atoms. The molecule has 0 spiro atoms. The van der Waals surface area contributed by atoms with Crippen LogP contribution in [0.4, 0.5) is 0 Å². The average Bonchev–Trinajstić information content (AvgIpc) is 2.47. The standard InChI is InChI=1S/C9H19N3O/c1-9(2,3)13-11-8-4-5-12(6-8)7-10/h4-7,10H2,1-3H3. The van der Waals surface area contributed by atoms with E-state index in [2.05, 4.69) is 10.1 Å². The van der Waals surface area contributed by atoms with Crippen LogP contribution in [0.3, 0.4) is 0 Å². The van der Waals surface area contributed by atoms with Gasteiger partial charge in [-0.2, -0.15) is 0 Å². The van der Waals surface area contributed by atoms with E-state index in [1.54, 1.807) is 0 Å². The van der Waals surface area contributed by atoms with Gasteiger partial charge in [-0.15, -0.1) is 0 Å². The fourth-order valence-corrected chi connectivity index (χ4v) is 1.14. The van der Waals surface area contributed by atoms with E-state index in [1.165, 1.54) is 0 Å². The van der Waals surface area contributed by atoms with E-state index in [4.69, 9.17) is 10.6 Å². The van der Waals surface area contributed by atoms with Gasteiger partial charge in [-0.05, 0) is 20.8 Å². The first-order valence-electron chi connectivity index (χ1n) is 4.67. The van der Waals surface area contributed by atoms with Crippen LogP contribution in [-0.4, -0.2) is 36.0 Å². The second-order valence-corrected chi connectivity index (χ2v) is 4.35. The zero-order valence-electron chi connectivity index (χ0n) is 8.71. The molecule has 76 valence electrons. The predicted molar refractivity (Wildman–Crippen MR) is 53.5 cm³/mol. The van der Waals surface area contributed by atoms with Crippen LogP contribution >= 0.6 is 0 Å². The van der Waals surface area contributed by atoms with Crippen molar-refractivity contribution in [1.29, 1.82) is 0 Å². The summed E-state index contributed by atoms with van der Waals surface area (Å²) in [5, 5.41) is 4.11. The molecule has 0 saturated carbocycles. The minimum Gasteiger partial charge on any atom is -0.390 e. The second kappa shape index (κ2) is 4.07. The minimum absolute atomic E-state index is 0.191. The summed E-state index contributed by atoms with van der Waals surface area (Å²) in [5.74, 6) is 0. The van der Waals surface area contributed by atoms with E-state index in [1.807, 2.05) is 20.8 Å². The molecule has 0 aliphatic carbocycles. The Balaban J connectivity index is 2.37. The smallest absolute Gasteiger partial charge is 0.129 e. The summed E-state index contributed by atoms with van der Waals surface area (Å²) in [6, 6.07) is 0. The molecule has 1 fully saturated rings. The molecule has 0 amide bonds. The van der Waals surface area contributed by atoms with Gasteiger partial charge in [-0.3, -0.25) is 4.90 Å². The van der Waals surface area contributed by atoms with E-state index in [9.17, 15) is 0 Å². The topological polar surface area (TPSA) is 50.8 Å². The van der Waals surface area contributed by atoms with Gasteiger partial charge in [0, 0.05) is 26.2 Å². The molecule has 1 aliphatic heterocycles. The van der Waals surface area contributed by atoms with Gasteiger partial charge in [0.2, 0.25) is 0 Å². The number of likely N-dealkylation sites (tertiary alicyclic amines) is 1. The van der Waals surface area contributed by atoms with Gasteiger partial charge in [0.05, 0.1) is 5.71 Å². The summed E-state index contributed by atoms with van der Waals surface area (Å²) in [6.45, 7) is 8.44. The number of oxime groups is 1. The molecule has 0 radical (unpaired) electrons. The molecule has 1 heterocycles. The van der Waals surface area contributed by atoms with Crippen molar-refractivity contribution in [3.05, 3.63) is 0 Å². The van der Waals surface area contributed by atoms with E-state index in [-0.39, 0.29) is 5.60 Å². The molecular formula is C9H19N3O. The molecule has 0 aromatic rings. The minimum atomic E-state index is -0.191. The van der Waals surface area contributed by atoms with E-state index in [0.717, 1.165) is 25.2 Å². The molecule has 1 aliphatic rings. The highest BCUT2D eigenvalue weighted by Crippen LogP contribution is 2.10. The van der Waals surface area contributed by atoms with E-state index < -0.39 is 0 Å². The van der Waals surface area contributed by atoms with Gasteiger partial charge in [0.1, 0.15) is 5.60 Å². The number of hydrogen-bond donors (Lipinski definition) is 1. The number of rotatable bonds is 2. The van der Waals surface area contributed by atoms with Gasteiger partial charge in [-0.25, -0.2) is 0 Å². The van der Waals surface area contributed by atoms with Crippen molar-refractivity contribution < 1.29 is 4.84 Å². The van der Waals surface area contributed by atoms with Crippen LogP contribution in [0, 0.1) is 0 Å². The van der Waals surface area contributed by atoms with E-state index in [0.29, 0.717) is 6.67 Å². The summed E-state index contributed by atoms with van der Waals surface area (Å²) in [5.41, 5.74) is 6.41. The third kappa shape index (κ3) is 3.74. The van der Waals surface area contributed by atoms with Crippen molar-refractivity contribution in [1.82, 2.24) is 4.90 Å². The highest BCUT2D eigenvalue weighted by atomic mass is 16.6. The Bertz CT molecular complexity index is 196. The Morgan fingerprint density at radius 1 is 1.54 bits per heavy atom.